The Morgan fingerprint density at radius 2 is 1.84 bits per heavy atom. The first-order chi connectivity index (χ1) is 9.22. The summed E-state index contributed by atoms with van der Waals surface area (Å²) in [5, 5.41) is 4.41. The Labute approximate surface area is 121 Å². The fraction of sp³-hybridized carbons (Fsp3) is 0.625. The number of hydrogen-bond donors (Lipinski definition) is 1. The molecule has 1 aromatic rings. The van der Waals surface area contributed by atoms with Gasteiger partial charge in [-0.3, -0.25) is 0 Å². The lowest BCUT2D eigenvalue weighted by molar-refractivity contribution is -0.0623. The lowest BCUT2D eigenvalue weighted by Crippen LogP contribution is -2.44. The zero-order chi connectivity index (χ0) is 13.7. The average Bonchev–Trinajstić information content (AvgIpc) is 2.87. The molecule has 1 aliphatic carbocycles. The molecule has 0 bridgehead atoms. The molecule has 0 radical (unpaired) electrons. The third kappa shape index (κ3) is 3.31. The molecule has 1 aliphatic rings. The minimum Gasteiger partial charge on any atom is -0.373 e. The van der Waals surface area contributed by atoms with Gasteiger partial charge in [-0.05, 0) is 44.0 Å². The van der Waals surface area contributed by atoms with Crippen molar-refractivity contribution in [2.45, 2.75) is 51.2 Å². The van der Waals surface area contributed by atoms with Gasteiger partial charge in [-0.2, -0.15) is 0 Å². The monoisotopic (exact) mass is 281 g/mol. The second-order valence-electron chi connectivity index (χ2n) is 5.25. The molecule has 0 amide bonds. The average molecular weight is 282 g/mol. The summed E-state index contributed by atoms with van der Waals surface area (Å²) >= 11 is 6.00. The van der Waals surface area contributed by atoms with E-state index in [4.69, 9.17) is 16.3 Å². The normalized spacial score (nSPS) is 19.5. The Hall–Kier alpha value is -0.570. The van der Waals surface area contributed by atoms with Crippen LogP contribution in [0.3, 0.4) is 0 Å². The number of benzene rings is 1. The topological polar surface area (TPSA) is 21.3 Å². The Morgan fingerprint density at radius 1 is 1.21 bits per heavy atom. The third-order valence-corrected chi connectivity index (χ3v) is 4.27. The first kappa shape index (κ1) is 14.8. The summed E-state index contributed by atoms with van der Waals surface area (Å²) in [6, 6.07) is 8.44. The molecule has 0 spiro atoms. The molecule has 2 rings (SSSR count). The van der Waals surface area contributed by atoms with Crippen molar-refractivity contribution in [2.75, 3.05) is 13.2 Å². The van der Waals surface area contributed by atoms with Gasteiger partial charge in [0.15, 0.2) is 0 Å². The van der Waals surface area contributed by atoms with Crippen LogP contribution in [0.1, 0.15) is 51.1 Å². The molecule has 19 heavy (non-hydrogen) atoms. The maximum atomic E-state index is 6.19. The van der Waals surface area contributed by atoms with Crippen molar-refractivity contribution >= 4 is 11.6 Å². The molecule has 0 heterocycles. The van der Waals surface area contributed by atoms with E-state index in [1.807, 2.05) is 12.1 Å². The highest BCUT2D eigenvalue weighted by atomic mass is 35.5. The molecule has 1 atom stereocenters. The highest BCUT2D eigenvalue weighted by Gasteiger charge is 2.42. The molecular formula is C16H24ClNO. The van der Waals surface area contributed by atoms with E-state index in [2.05, 4.69) is 31.3 Å². The molecule has 1 fully saturated rings. The molecule has 0 aromatic heterocycles. The van der Waals surface area contributed by atoms with Crippen LogP contribution in [-0.4, -0.2) is 18.8 Å². The Morgan fingerprint density at radius 3 is 2.37 bits per heavy atom. The van der Waals surface area contributed by atoms with Crippen LogP contribution in [0.15, 0.2) is 24.3 Å². The predicted octanol–water partition coefficient (Wildman–Crippen LogP) is 4.34. The second kappa shape index (κ2) is 6.74. The summed E-state index contributed by atoms with van der Waals surface area (Å²) in [7, 11) is 0. The van der Waals surface area contributed by atoms with Crippen LogP contribution in [0, 0.1) is 0 Å². The summed E-state index contributed by atoms with van der Waals surface area (Å²) < 4.78 is 6.19. The first-order valence-electron chi connectivity index (χ1n) is 7.34. The summed E-state index contributed by atoms with van der Waals surface area (Å²) in [6.07, 6.45) is 4.80. The number of nitrogens with one attached hydrogen (secondary N) is 1. The van der Waals surface area contributed by atoms with E-state index in [1.165, 1.54) is 18.4 Å². The zero-order valence-electron chi connectivity index (χ0n) is 11.9. The molecule has 0 aliphatic heterocycles. The molecule has 106 valence electrons. The van der Waals surface area contributed by atoms with E-state index >= 15 is 0 Å². The molecule has 1 N–H and O–H groups in total. The number of likely N-dealkylation sites (N-methyl/N-ethyl adjacent to an activating group) is 1. The first-order valence-corrected chi connectivity index (χ1v) is 7.72. The fourth-order valence-electron chi connectivity index (χ4n) is 3.24. The summed E-state index contributed by atoms with van der Waals surface area (Å²) in [6.45, 7) is 5.96. The van der Waals surface area contributed by atoms with Gasteiger partial charge in [0.05, 0.1) is 11.6 Å². The SMILES string of the molecule is CCNC(c1ccc(Cl)cc1)C1(OCC)CCCC1. The lowest BCUT2D eigenvalue weighted by atomic mass is 9.86. The van der Waals surface area contributed by atoms with E-state index in [9.17, 15) is 0 Å². The number of rotatable bonds is 6. The van der Waals surface area contributed by atoms with Crippen LogP contribution in [-0.2, 0) is 4.74 Å². The van der Waals surface area contributed by atoms with Crippen LogP contribution < -0.4 is 5.32 Å². The van der Waals surface area contributed by atoms with Crippen molar-refractivity contribution in [3.8, 4) is 0 Å². The summed E-state index contributed by atoms with van der Waals surface area (Å²) in [5.41, 5.74) is 1.24. The van der Waals surface area contributed by atoms with Crippen LogP contribution in [0.5, 0.6) is 0 Å². The van der Waals surface area contributed by atoms with Crippen molar-refractivity contribution < 1.29 is 4.74 Å². The summed E-state index contributed by atoms with van der Waals surface area (Å²) in [5.74, 6) is 0. The fourth-order valence-corrected chi connectivity index (χ4v) is 3.37. The Bertz CT molecular complexity index is 384. The van der Waals surface area contributed by atoms with Gasteiger partial charge in [0.1, 0.15) is 0 Å². The van der Waals surface area contributed by atoms with Crippen LogP contribution in [0.2, 0.25) is 5.02 Å². The van der Waals surface area contributed by atoms with Crippen LogP contribution >= 0.6 is 11.6 Å². The van der Waals surface area contributed by atoms with Crippen LogP contribution in [0.4, 0.5) is 0 Å². The highest BCUT2D eigenvalue weighted by molar-refractivity contribution is 6.30. The smallest absolute Gasteiger partial charge is 0.0876 e. The number of hydrogen-bond acceptors (Lipinski definition) is 2. The minimum absolute atomic E-state index is 0.0431. The van der Waals surface area contributed by atoms with E-state index in [0.717, 1.165) is 31.0 Å². The largest absolute Gasteiger partial charge is 0.373 e. The zero-order valence-corrected chi connectivity index (χ0v) is 12.7. The van der Waals surface area contributed by atoms with Gasteiger partial charge in [0.25, 0.3) is 0 Å². The van der Waals surface area contributed by atoms with E-state index in [0.29, 0.717) is 0 Å². The quantitative estimate of drug-likeness (QED) is 0.837. The van der Waals surface area contributed by atoms with Gasteiger partial charge in [0, 0.05) is 11.6 Å². The summed E-state index contributed by atoms with van der Waals surface area (Å²) in [4.78, 5) is 0. The van der Waals surface area contributed by atoms with Gasteiger partial charge >= 0.3 is 0 Å². The number of ether oxygens (including phenoxy) is 1. The predicted molar refractivity (Wildman–Crippen MR) is 80.7 cm³/mol. The highest BCUT2D eigenvalue weighted by Crippen LogP contribution is 2.43. The van der Waals surface area contributed by atoms with Crippen LogP contribution in [0.25, 0.3) is 0 Å². The Balaban J connectivity index is 2.29. The molecule has 0 saturated heterocycles. The number of halogens is 1. The molecule has 1 unspecified atom stereocenters. The van der Waals surface area contributed by atoms with Crippen molar-refractivity contribution in [3.05, 3.63) is 34.9 Å². The van der Waals surface area contributed by atoms with Gasteiger partial charge in [0.2, 0.25) is 0 Å². The third-order valence-electron chi connectivity index (χ3n) is 4.02. The van der Waals surface area contributed by atoms with Gasteiger partial charge in [-0.25, -0.2) is 0 Å². The maximum absolute atomic E-state index is 6.19. The van der Waals surface area contributed by atoms with E-state index < -0.39 is 0 Å². The lowest BCUT2D eigenvalue weighted by Gasteiger charge is -2.38. The molecule has 2 nitrogen and oxygen atoms in total. The molecular weight excluding hydrogens is 258 g/mol. The van der Waals surface area contributed by atoms with Crippen molar-refractivity contribution in [2.24, 2.45) is 0 Å². The standard InChI is InChI=1S/C16H24ClNO/c1-3-18-15(13-7-9-14(17)10-8-13)16(19-4-2)11-5-6-12-16/h7-10,15,18H,3-6,11-12H2,1-2H3. The van der Waals surface area contributed by atoms with E-state index in [1.54, 1.807) is 0 Å². The Kier molecular flexibility index (Phi) is 5.26. The van der Waals surface area contributed by atoms with Gasteiger partial charge in [-0.15, -0.1) is 0 Å². The second-order valence-corrected chi connectivity index (χ2v) is 5.68. The van der Waals surface area contributed by atoms with E-state index in [-0.39, 0.29) is 11.6 Å². The maximum Gasteiger partial charge on any atom is 0.0876 e. The van der Waals surface area contributed by atoms with Crippen molar-refractivity contribution in [1.29, 1.82) is 0 Å². The van der Waals surface area contributed by atoms with Gasteiger partial charge in [-0.1, -0.05) is 43.5 Å². The van der Waals surface area contributed by atoms with Crippen molar-refractivity contribution in [1.82, 2.24) is 5.32 Å². The molecule has 1 saturated carbocycles. The van der Waals surface area contributed by atoms with Gasteiger partial charge < -0.3 is 10.1 Å². The van der Waals surface area contributed by atoms with Crippen molar-refractivity contribution in [3.63, 3.8) is 0 Å². The minimum atomic E-state index is -0.0431. The molecule has 3 heteroatoms. The molecule has 1 aromatic carbocycles.